The molecule has 0 radical (unpaired) electrons. The van der Waals surface area contributed by atoms with Crippen LogP contribution in [-0.4, -0.2) is 18.3 Å². The standard InChI is InChI=1S/C11H15BrFNO/c1-8(14-5-2-6-15)10-7-9(12)3-4-11(10)13/h3-4,7-8,14-15H,2,5-6H2,1H3. The summed E-state index contributed by atoms with van der Waals surface area (Å²) in [4.78, 5) is 0. The van der Waals surface area contributed by atoms with Crippen LogP contribution in [0, 0.1) is 5.82 Å². The molecule has 1 unspecified atom stereocenters. The number of halogens is 2. The Bertz CT molecular complexity index is 319. The lowest BCUT2D eigenvalue weighted by molar-refractivity contribution is 0.283. The van der Waals surface area contributed by atoms with Crippen molar-refractivity contribution < 1.29 is 9.50 Å². The Morgan fingerprint density at radius 3 is 2.93 bits per heavy atom. The van der Waals surface area contributed by atoms with E-state index in [1.54, 1.807) is 12.1 Å². The van der Waals surface area contributed by atoms with Crippen LogP contribution in [0.1, 0.15) is 24.9 Å². The van der Waals surface area contributed by atoms with E-state index in [1.165, 1.54) is 6.07 Å². The van der Waals surface area contributed by atoms with Gasteiger partial charge in [-0.05, 0) is 38.1 Å². The van der Waals surface area contributed by atoms with E-state index in [1.807, 2.05) is 6.92 Å². The van der Waals surface area contributed by atoms with Gasteiger partial charge in [0, 0.05) is 22.7 Å². The Labute approximate surface area is 97.6 Å². The number of rotatable bonds is 5. The van der Waals surface area contributed by atoms with Gasteiger partial charge in [-0.3, -0.25) is 0 Å². The first-order chi connectivity index (χ1) is 7.15. The van der Waals surface area contributed by atoms with Crippen molar-refractivity contribution in [1.82, 2.24) is 5.32 Å². The van der Waals surface area contributed by atoms with Gasteiger partial charge in [-0.1, -0.05) is 15.9 Å². The molecule has 15 heavy (non-hydrogen) atoms. The summed E-state index contributed by atoms with van der Waals surface area (Å²) in [5.74, 6) is -0.206. The van der Waals surface area contributed by atoms with Crippen molar-refractivity contribution in [2.24, 2.45) is 0 Å². The maximum atomic E-state index is 13.4. The maximum absolute atomic E-state index is 13.4. The molecule has 0 amide bonds. The Morgan fingerprint density at radius 1 is 1.53 bits per heavy atom. The highest BCUT2D eigenvalue weighted by Crippen LogP contribution is 2.21. The van der Waals surface area contributed by atoms with Gasteiger partial charge in [0.05, 0.1) is 0 Å². The molecule has 1 aromatic carbocycles. The van der Waals surface area contributed by atoms with Crippen LogP contribution in [0.5, 0.6) is 0 Å². The maximum Gasteiger partial charge on any atom is 0.128 e. The van der Waals surface area contributed by atoms with Crippen LogP contribution in [0.15, 0.2) is 22.7 Å². The second kappa shape index (κ2) is 6.20. The van der Waals surface area contributed by atoms with Crippen molar-refractivity contribution in [2.75, 3.05) is 13.2 Å². The lowest BCUT2D eigenvalue weighted by Crippen LogP contribution is -2.21. The predicted molar refractivity (Wildman–Crippen MR) is 62.2 cm³/mol. The first-order valence-electron chi connectivity index (χ1n) is 4.94. The third kappa shape index (κ3) is 3.89. The van der Waals surface area contributed by atoms with E-state index in [0.717, 1.165) is 4.47 Å². The summed E-state index contributed by atoms with van der Waals surface area (Å²) in [6, 6.07) is 4.85. The molecule has 0 heterocycles. The molecule has 84 valence electrons. The predicted octanol–water partition coefficient (Wildman–Crippen LogP) is 2.62. The quantitative estimate of drug-likeness (QED) is 0.810. The van der Waals surface area contributed by atoms with Crippen LogP contribution < -0.4 is 5.32 Å². The zero-order chi connectivity index (χ0) is 11.3. The molecule has 1 rings (SSSR count). The van der Waals surface area contributed by atoms with E-state index in [0.29, 0.717) is 18.5 Å². The van der Waals surface area contributed by atoms with Gasteiger partial charge < -0.3 is 10.4 Å². The van der Waals surface area contributed by atoms with E-state index in [2.05, 4.69) is 21.2 Å². The molecule has 2 N–H and O–H groups in total. The van der Waals surface area contributed by atoms with Gasteiger partial charge in [-0.25, -0.2) is 4.39 Å². The number of benzene rings is 1. The van der Waals surface area contributed by atoms with E-state index >= 15 is 0 Å². The number of hydrogen-bond donors (Lipinski definition) is 2. The van der Waals surface area contributed by atoms with E-state index in [9.17, 15) is 4.39 Å². The van der Waals surface area contributed by atoms with E-state index < -0.39 is 0 Å². The summed E-state index contributed by atoms with van der Waals surface area (Å²) in [6.45, 7) is 2.74. The monoisotopic (exact) mass is 275 g/mol. The van der Waals surface area contributed by atoms with Crippen molar-refractivity contribution >= 4 is 15.9 Å². The van der Waals surface area contributed by atoms with Crippen molar-refractivity contribution in [3.63, 3.8) is 0 Å². The summed E-state index contributed by atoms with van der Waals surface area (Å²) in [6.07, 6.45) is 0.681. The molecule has 0 aliphatic heterocycles. The zero-order valence-corrected chi connectivity index (χ0v) is 10.2. The number of hydrogen-bond acceptors (Lipinski definition) is 2. The van der Waals surface area contributed by atoms with Crippen LogP contribution >= 0.6 is 15.9 Å². The summed E-state index contributed by atoms with van der Waals surface area (Å²) >= 11 is 3.31. The van der Waals surface area contributed by atoms with E-state index in [-0.39, 0.29) is 18.5 Å². The van der Waals surface area contributed by atoms with Crippen LogP contribution in [0.2, 0.25) is 0 Å². The summed E-state index contributed by atoms with van der Waals surface area (Å²) in [5.41, 5.74) is 0.641. The second-order valence-corrected chi connectivity index (χ2v) is 4.33. The third-order valence-corrected chi connectivity index (χ3v) is 2.70. The van der Waals surface area contributed by atoms with Gasteiger partial charge in [0.15, 0.2) is 0 Å². The summed E-state index contributed by atoms with van der Waals surface area (Å²) in [5, 5.41) is 11.8. The zero-order valence-electron chi connectivity index (χ0n) is 8.63. The smallest absolute Gasteiger partial charge is 0.128 e. The highest BCUT2D eigenvalue weighted by Gasteiger charge is 2.10. The van der Waals surface area contributed by atoms with Crippen LogP contribution in [0.25, 0.3) is 0 Å². The minimum atomic E-state index is -0.206. The molecule has 1 atom stereocenters. The molecule has 0 aromatic heterocycles. The lowest BCUT2D eigenvalue weighted by Gasteiger charge is -2.14. The Hall–Kier alpha value is -0.450. The van der Waals surface area contributed by atoms with Gasteiger partial charge in [-0.2, -0.15) is 0 Å². The van der Waals surface area contributed by atoms with Crippen LogP contribution in [0.3, 0.4) is 0 Å². The first-order valence-corrected chi connectivity index (χ1v) is 5.73. The van der Waals surface area contributed by atoms with Crippen LogP contribution in [0.4, 0.5) is 4.39 Å². The minimum absolute atomic E-state index is 0.0472. The molecule has 0 aliphatic rings. The molecule has 0 aliphatic carbocycles. The topological polar surface area (TPSA) is 32.3 Å². The molecule has 0 bridgehead atoms. The molecule has 1 aromatic rings. The normalized spacial score (nSPS) is 12.8. The summed E-state index contributed by atoms with van der Waals surface area (Å²) in [7, 11) is 0. The van der Waals surface area contributed by atoms with Crippen molar-refractivity contribution in [2.45, 2.75) is 19.4 Å². The van der Waals surface area contributed by atoms with Gasteiger partial charge >= 0.3 is 0 Å². The fourth-order valence-corrected chi connectivity index (χ4v) is 1.73. The first kappa shape index (κ1) is 12.6. The highest BCUT2D eigenvalue weighted by atomic mass is 79.9. The van der Waals surface area contributed by atoms with E-state index in [4.69, 9.17) is 5.11 Å². The minimum Gasteiger partial charge on any atom is -0.396 e. The Kier molecular flexibility index (Phi) is 5.22. The van der Waals surface area contributed by atoms with Crippen molar-refractivity contribution in [1.29, 1.82) is 0 Å². The number of aliphatic hydroxyl groups excluding tert-OH is 1. The molecule has 0 saturated heterocycles. The lowest BCUT2D eigenvalue weighted by atomic mass is 10.1. The summed E-state index contributed by atoms with van der Waals surface area (Å²) < 4.78 is 14.3. The average molecular weight is 276 g/mol. The molecular formula is C11H15BrFNO. The molecule has 0 spiro atoms. The molecule has 4 heteroatoms. The van der Waals surface area contributed by atoms with Gasteiger partial charge in [0.2, 0.25) is 0 Å². The van der Waals surface area contributed by atoms with Crippen molar-refractivity contribution in [3.8, 4) is 0 Å². The third-order valence-electron chi connectivity index (χ3n) is 2.21. The number of aliphatic hydroxyl groups is 1. The molecule has 0 saturated carbocycles. The van der Waals surface area contributed by atoms with Crippen LogP contribution in [-0.2, 0) is 0 Å². The van der Waals surface area contributed by atoms with Gasteiger partial charge in [-0.15, -0.1) is 0 Å². The fourth-order valence-electron chi connectivity index (χ4n) is 1.35. The number of nitrogens with one attached hydrogen (secondary N) is 1. The average Bonchev–Trinajstić information content (AvgIpc) is 2.22. The Morgan fingerprint density at radius 2 is 2.27 bits per heavy atom. The van der Waals surface area contributed by atoms with Crippen molar-refractivity contribution in [3.05, 3.63) is 34.1 Å². The Balaban J connectivity index is 2.64. The van der Waals surface area contributed by atoms with Gasteiger partial charge in [0.1, 0.15) is 5.82 Å². The largest absolute Gasteiger partial charge is 0.396 e. The highest BCUT2D eigenvalue weighted by molar-refractivity contribution is 9.10. The second-order valence-electron chi connectivity index (χ2n) is 3.42. The SMILES string of the molecule is CC(NCCCO)c1cc(Br)ccc1F. The van der Waals surface area contributed by atoms with Gasteiger partial charge in [0.25, 0.3) is 0 Å². The molecule has 2 nitrogen and oxygen atoms in total. The fraction of sp³-hybridized carbons (Fsp3) is 0.455. The molecular weight excluding hydrogens is 261 g/mol. The molecule has 0 fully saturated rings.